The third-order valence-corrected chi connectivity index (χ3v) is 2.51. The number of aromatic nitrogens is 4. The van der Waals surface area contributed by atoms with Crippen molar-refractivity contribution in [3.63, 3.8) is 0 Å². The Labute approximate surface area is 92.2 Å². The van der Waals surface area contributed by atoms with Crippen molar-refractivity contribution in [3.8, 4) is 0 Å². The number of hydrogen-bond donors (Lipinski definition) is 1. The second kappa shape index (κ2) is 4.05. The topological polar surface area (TPSA) is 72.9 Å². The fourth-order valence-corrected chi connectivity index (χ4v) is 1.55. The minimum absolute atomic E-state index is 0.112. The van der Waals surface area contributed by atoms with Crippen LogP contribution in [0.4, 0.5) is 0 Å². The maximum absolute atomic E-state index is 11.9. The van der Waals surface area contributed by atoms with Crippen LogP contribution < -0.4 is 5.56 Å². The molecule has 1 unspecified atom stereocenters. The predicted octanol–water partition coefficient (Wildman–Crippen LogP) is -0.0991. The smallest absolute Gasteiger partial charge is 0.264 e. The first-order chi connectivity index (χ1) is 7.59. The molecule has 0 radical (unpaired) electrons. The molecule has 2 heterocycles. The zero-order chi connectivity index (χ0) is 11.7. The zero-order valence-electron chi connectivity index (χ0n) is 9.29. The highest BCUT2D eigenvalue weighted by Crippen LogP contribution is 2.03. The van der Waals surface area contributed by atoms with Crippen LogP contribution in [-0.4, -0.2) is 30.5 Å². The third kappa shape index (κ3) is 1.83. The molecule has 0 amide bonds. The van der Waals surface area contributed by atoms with Crippen molar-refractivity contribution in [1.82, 2.24) is 19.3 Å². The van der Waals surface area contributed by atoms with E-state index in [2.05, 4.69) is 10.1 Å². The van der Waals surface area contributed by atoms with Crippen molar-refractivity contribution >= 4 is 11.0 Å². The average Bonchev–Trinajstić information content (AvgIpc) is 2.60. The lowest BCUT2D eigenvalue weighted by atomic mass is 10.3. The van der Waals surface area contributed by atoms with Gasteiger partial charge in [0.2, 0.25) is 0 Å². The van der Waals surface area contributed by atoms with Gasteiger partial charge < -0.3 is 5.11 Å². The van der Waals surface area contributed by atoms with E-state index in [4.69, 9.17) is 5.11 Å². The van der Waals surface area contributed by atoms with E-state index < -0.39 is 6.10 Å². The molecule has 2 aromatic rings. The second-order valence-corrected chi connectivity index (χ2v) is 3.89. The summed E-state index contributed by atoms with van der Waals surface area (Å²) < 4.78 is 3.06. The maximum Gasteiger partial charge on any atom is 0.264 e. The Hall–Kier alpha value is -1.69. The minimum Gasteiger partial charge on any atom is -0.393 e. The van der Waals surface area contributed by atoms with E-state index in [1.54, 1.807) is 18.7 Å². The van der Waals surface area contributed by atoms with Crippen molar-refractivity contribution in [1.29, 1.82) is 0 Å². The number of rotatable bonds is 3. The zero-order valence-corrected chi connectivity index (χ0v) is 9.29. The van der Waals surface area contributed by atoms with E-state index in [9.17, 15) is 4.79 Å². The summed E-state index contributed by atoms with van der Waals surface area (Å²) >= 11 is 0. The van der Waals surface area contributed by atoms with Crippen LogP contribution in [-0.2, 0) is 13.6 Å². The van der Waals surface area contributed by atoms with Crippen LogP contribution in [0.2, 0.25) is 0 Å². The normalized spacial score (nSPS) is 13.2. The van der Waals surface area contributed by atoms with Gasteiger partial charge in [-0.05, 0) is 13.3 Å². The van der Waals surface area contributed by atoms with Crippen molar-refractivity contribution in [2.45, 2.75) is 26.0 Å². The molecule has 86 valence electrons. The summed E-state index contributed by atoms with van der Waals surface area (Å²) in [5, 5.41) is 13.7. The molecule has 0 saturated carbocycles. The standard InChI is InChI=1S/C10H14N4O2/c1-7(15)3-4-14-6-11-9-8(10(14)16)5-12-13(9)2/h5-7,15H,3-4H2,1-2H3. The number of aliphatic hydroxyl groups is 1. The van der Waals surface area contributed by atoms with Gasteiger partial charge in [0.25, 0.3) is 5.56 Å². The first-order valence-corrected chi connectivity index (χ1v) is 5.15. The second-order valence-electron chi connectivity index (χ2n) is 3.89. The van der Waals surface area contributed by atoms with Crippen LogP contribution >= 0.6 is 0 Å². The van der Waals surface area contributed by atoms with Gasteiger partial charge in [0, 0.05) is 13.6 Å². The highest BCUT2D eigenvalue weighted by molar-refractivity contribution is 5.72. The summed E-state index contributed by atoms with van der Waals surface area (Å²) in [6.07, 6.45) is 3.13. The Kier molecular flexibility index (Phi) is 2.74. The molecule has 6 heteroatoms. The van der Waals surface area contributed by atoms with Gasteiger partial charge in [-0.1, -0.05) is 0 Å². The molecule has 2 rings (SSSR count). The van der Waals surface area contributed by atoms with Gasteiger partial charge >= 0.3 is 0 Å². The summed E-state index contributed by atoms with van der Waals surface area (Å²) in [5.41, 5.74) is 0.469. The summed E-state index contributed by atoms with van der Waals surface area (Å²) in [6.45, 7) is 2.16. The molecule has 0 aliphatic carbocycles. The van der Waals surface area contributed by atoms with Crippen LogP contribution in [0.3, 0.4) is 0 Å². The molecule has 0 fully saturated rings. The van der Waals surface area contributed by atoms with Crippen LogP contribution in [0, 0.1) is 0 Å². The summed E-state index contributed by atoms with van der Waals surface area (Å²) in [7, 11) is 1.74. The molecule has 0 aromatic carbocycles. The van der Waals surface area contributed by atoms with Gasteiger partial charge in [0.1, 0.15) is 5.39 Å². The molecule has 6 nitrogen and oxygen atoms in total. The number of nitrogens with zero attached hydrogens (tertiary/aromatic N) is 4. The van der Waals surface area contributed by atoms with Gasteiger partial charge in [-0.15, -0.1) is 0 Å². The molecule has 1 N–H and O–H groups in total. The summed E-state index contributed by atoms with van der Waals surface area (Å²) in [5.74, 6) is 0. The largest absolute Gasteiger partial charge is 0.393 e. The van der Waals surface area contributed by atoms with Crippen LogP contribution in [0.25, 0.3) is 11.0 Å². The van der Waals surface area contributed by atoms with Crippen molar-refractivity contribution < 1.29 is 5.11 Å². The van der Waals surface area contributed by atoms with Crippen molar-refractivity contribution in [2.24, 2.45) is 7.05 Å². The SMILES string of the molecule is CC(O)CCn1cnc2c(cnn2C)c1=O. The number of aryl methyl sites for hydroxylation is 2. The van der Waals surface area contributed by atoms with E-state index >= 15 is 0 Å². The molecule has 0 aliphatic heterocycles. The highest BCUT2D eigenvalue weighted by Gasteiger charge is 2.08. The minimum atomic E-state index is -0.420. The Balaban J connectivity index is 2.41. The molecule has 0 spiro atoms. The first kappa shape index (κ1) is 10.8. The predicted molar refractivity (Wildman–Crippen MR) is 59.1 cm³/mol. The molecule has 0 saturated heterocycles. The number of fused-ring (bicyclic) bond motifs is 1. The number of aliphatic hydroxyl groups excluding tert-OH is 1. The molecule has 0 bridgehead atoms. The van der Waals surface area contributed by atoms with Crippen LogP contribution in [0.1, 0.15) is 13.3 Å². The lowest BCUT2D eigenvalue weighted by Gasteiger charge is -2.06. The van der Waals surface area contributed by atoms with Gasteiger partial charge in [-0.2, -0.15) is 5.10 Å². The fourth-order valence-electron chi connectivity index (χ4n) is 1.55. The maximum atomic E-state index is 11.9. The van der Waals surface area contributed by atoms with Gasteiger partial charge in [-0.3, -0.25) is 14.0 Å². The molecule has 2 aromatic heterocycles. The fraction of sp³-hybridized carbons (Fsp3) is 0.500. The molecular formula is C10H14N4O2. The monoisotopic (exact) mass is 222 g/mol. The summed E-state index contributed by atoms with van der Waals surface area (Å²) in [6, 6.07) is 0. The first-order valence-electron chi connectivity index (χ1n) is 5.15. The number of hydrogen-bond acceptors (Lipinski definition) is 4. The van der Waals surface area contributed by atoms with E-state index in [-0.39, 0.29) is 5.56 Å². The van der Waals surface area contributed by atoms with Gasteiger partial charge in [-0.25, -0.2) is 4.98 Å². The lowest BCUT2D eigenvalue weighted by molar-refractivity contribution is 0.177. The Morgan fingerprint density at radius 3 is 3.00 bits per heavy atom. The molecular weight excluding hydrogens is 208 g/mol. The third-order valence-electron chi connectivity index (χ3n) is 2.51. The average molecular weight is 222 g/mol. The van der Waals surface area contributed by atoms with Crippen molar-refractivity contribution in [2.75, 3.05) is 0 Å². The van der Waals surface area contributed by atoms with E-state index in [0.29, 0.717) is 24.0 Å². The molecule has 16 heavy (non-hydrogen) atoms. The Morgan fingerprint density at radius 2 is 2.31 bits per heavy atom. The van der Waals surface area contributed by atoms with Crippen molar-refractivity contribution in [3.05, 3.63) is 22.9 Å². The van der Waals surface area contributed by atoms with Crippen LogP contribution in [0.15, 0.2) is 17.3 Å². The Bertz CT molecular complexity index is 555. The Morgan fingerprint density at radius 1 is 1.56 bits per heavy atom. The molecule has 0 aliphatic rings. The molecule has 1 atom stereocenters. The lowest BCUT2D eigenvalue weighted by Crippen LogP contribution is -2.22. The highest BCUT2D eigenvalue weighted by atomic mass is 16.3. The quantitative estimate of drug-likeness (QED) is 0.787. The summed E-state index contributed by atoms with van der Waals surface area (Å²) in [4.78, 5) is 16.1. The van der Waals surface area contributed by atoms with E-state index in [0.717, 1.165) is 0 Å². The van der Waals surface area contributed by atoms with E-state index in [1.165, 1.54) is 17.1 Å². The van der Waals surface area contributed by atoms with E-state index in [1.807, 2.05) is 0 Å². The van der Waals surface area contributed by atoms with Crippen LogP contribution in [0.5, 0.6) is 0 Å². The van der Waals surface area contributed by atoms with Gasteiger partial charge in [0.05, 0.1) is 18.6 Å². The van der Waals surface area contributed by atoms with Gasteiger partial charge in [0.15, 0.2) is 5.65 Å².